The van der Waals surface area contributed by atoms with Gasteiger partial charge in [0.05, 0.1) is 12.6 Å². The normalized spacial score (nSPS) is 19.3. The van der Waals surface area contributed by atoms with E-state index in [-0.39, 0.29) is 24.1 Å². The number of nitrogens with zero attached hydrogens (tertiary/aromatic N) is 4. The van der Waals surface area contributed by atoms with Crippen molar-refractivity contribution < 1.29 is 14.3 Å². The van der Waals surface area contributed by atoms with Crippen LogP contribution in [0.2, 0.25) is 10.0 Å². The van der Waals surface area contributed by atoms with Gasteiger partial charge in [-0.25, -0.2) is 9.97 Å². The van der Waals surface area contributed by atoms with Crippen molar-refractivity contribution in [3.63, 3.8) is 0 Å². The minimum absolute atomic E-state index is 0.0627. The highest BCUT2D eigenvalue weighted by atomic mass is 35.5. The Kier molecular flexibility index (Phi) is 7.88. The third-order valence-corrected chi connectivity index (χ3v) is 5.63. The molecule has 3 rings (SSSR count). The number of aliphatic hydroxyl groups is 1. The topological polar surface area (TPSA) is 108 Å². The minimum atomic E-state index is -0.653. The van der Waals surface area contributed by atoms with Crippen LogP contribution in [0, 0.1) is 11.7 Å². The van der Waals surface area contributed by atoms with Crippen LogP contribution in [0.25, 0.3) is 0 Å². The summed E-state index contributed by atoms with van der Waals surface area (Å²) in [4.78, 5) is 22.6. The molecular weight excluding hydrogens is 446 g/mol. The van der Waals surface area contributed by atoms with E-state index in [0.717, 1.165) is 5.56 Å². The molecule has 11 heteroatoms. The minimum Gasteiger partial charge on any atom is -0.391 e. The third-order valence-electron chi connectivity index (χ3n) is 5.19. The standard InChI is InChI=1S/C20H25Cl2FN6O2/c1-28(8-12-4-14(21)6-15(22)5-12)20-18(23)19(26-11-27-20)25-7-13-2-3-29(9-16(13)30)10-17(24)31/h4-6,11,13,16,30H,2-3,7-10H2,1H3,(H2,24,31)(H,25,26,27). The molecule has 1 fully saturated rings. The van der Waals surface area contributed by atoms with Gasteiger partial charge in [0.25, 0.3) is 0 Å². The van der Waals surface area contributed by atoms with Gasteiger partial charge in [0, 0.05) is 42.6 Å². The first-order valence-corrected chi connectivity index (χ1v) is 10.6. The van der Waals surface area contributed by atoms with Gasteiger partial charge < -0.3 is 21.1 Å². The number of hydrogen-bond acceptors (Lipinski definition) is 7. The SMILES string of the molecule is CN(Cc1cc(Cl)cc(Cl)c1)c1ncnc(NCC2CCN(CC(N)=O)CC2O)c1F. The molecule has 1 aliphatic heterocycles. The van der Waals surface area contributed by atoms with Crippen LogP contribution >= 0.6 is 23.2 Å². The van der Waals surface area contributed by atoms with Gasteiger partial charge in [-0.2, -0.15) is 4.39 Å². The number of carbonyl (C=O) groups excluding carboxylic acids is 1. The highest BCUT2D eigenvalue weighted by Gasteiger charge is 2.28. The summed E-state index contributed by atoms with van der Waals surface area (Å²) in [5.41, 5.74) is 6.03. The molecule has 0 bridgehead atoms. The number of nitrogens with one attached hydrogen (secondary N) is 1. The largest absolute Gasteiger partial charge is 0.391 e. The number of likely N-dealkylation sites (tertiary alicyclic amines) is 1. The number of benzene rings is 1. The first-order valence-electron chi connectivity index (χ1n) is 9.82. The Morgan fingerprint density at radius 1 is 1.35 bits per heavy atom. The van der Waals surface area contributed by atoms with Crippen LogP contribution in [0.4, 0.5) is 16.0 Å². The number of rotatable bonds is 8. The molecule has 0 aliphatic carbocycles. The average Bonchev–Trinajstić information content (AvgIpc) is 2.67. The zero-order valence-corrected chi connectivity index (χ0v) is 18.6. The third kappa shape index (κ3) is 6.39. The lowest BCUT2D eigenvalue weighted by atomic mass is 9.94. The van der Waals surface area contributed by atoms with Gasteiger partial charge in [-0.05, 0) is 36.7 Å². The zero-order valence-electron chi connectivity index (χ0n) is 17.1. The molecule has 2 unspecified atom stereocenters. The van der Waals surface area contributed by atoms with Crippen molar-refractivity contribution in [2.45, 2.75) is 19.1 Å². The molecule has 1 amide bonds. The van der Waals surface area contributed by atoms with Crippen LogP contribution in [0.15, 0.2) is 24.5 Å². The predicted molar refractivity (Wildman–Crippen MR) is 119 cm³/mol. The molecule has 0 saturated carbocycles. The number of primary amides is 1. The highest BCUT2D eigenvalue weighted by molar-refractivity contribution is 6.34. The smallest absolute Gasteiger partial charge is 0.231 e. The Bertz CT molecular complexity index is 914. The molecule has 0 spiro atoms. The van der Waals surface area contributed by atoms with Crippen molar-refractivity contribution in [3.05, 3.63) is 46.0 Å². The Hall–Kier alpha value is -2.20. The molecule has 1 aromatic heterocycles. The monoisotopic (exact) mass is 470 g/mol. The highest BCUT2D eigenvalue weighted by Crippen LogP contribution is 2.25. The van der Waals surface area contributed by atoms with Gasteiger partial charge in [-0.3, -0.25) is 9.69 Å². The quantitative estimate of drug-likeness (QED) is 0.542. The van der Waals surface area contributed by atoms with Crippen LogP contribution < -0.4 is 16.0 Å². The molecule has 31 heavy (non-hydrogen) atoms. The van der Waals surface area contributed by atoms with E-state index in [4.69, 9.17) is 28.9 Å². The number of nitrogens with two attached hydrogens (primary N) is 1. The predicted octanol–water partition coefficient (Wildman–Crippen LogP) is 2.14. The lowest BCUT2D eigenvalue weighted by molar-refractivity contribution is -0.120. The molecular formula is C20H25Cl2FN6O2. The second-order valence-electron chi connectivity index (χ2n) is 7.69. The van der Waals surface area contributed by atoms with E-state index in [9.17, 15) is 9.90 Å². The number of halogens is 3. The molecule has 168 valence electrons. The molecule has 2 aromatic rings. The van der Waals surface area contributed by atoms with Gasteiger partial charge in [-0.15, -0.1) is 0 Å². The molecule has 2 atom stereocenters. The maximum atomic E-state index is 15.0. The summed E-state index contributed by atoms with van der Waals surface area (Å²) in [5.74, 6) is -0.922. The van der Waals surface area contributed by atoms with E-state index < -0.39 is 17.8 Å². The first kappa shape index (κ1) is 23.5. The number of carbonyl (C=O) groups is 1. The number of anilines is 2. The van der Waals surface area contributed by atoms with Crippen LogP contribution in [-0.4, -0.2) is 65.2 Å². The molecule has 4 N–H and O–H groups in total. The molecule has 8 nitrogen and oxygen atoms in total. The van der Waals surface area contributed by atoms with Crippen molar-refractivity contribution in [1.82, 2.24) is 14.9 Å². The van der Waals surface area contributed by atoms with Gasteiger partial charge >= 0.3 is 0 Å². The van der Waals surface area contributed by atoms with E-state index >= 15 is 4.39 Å². The van der Waals surface area contributed by atoms with E-state index in [1.54, 1.807) is 30.1 Å². The lowest BCUT2D eigenvalue weighted by Crippen LogP contribution is -2.48. The van der Waals surface area contributed by atoms with Crippen molar-refractivity contribution in [3.8, 4) is 0 Å². The maximum absolute atomic E-state index is 15.0. The fourth-order valence-corrected chi connectivity index (χ4v) is 4.25. The summed E-state index contributed by atoms with van der Waals surface area (Å²) < 4.78 is 15.0. The van der Waals surface area contributed by atoms with Gasteiger partial charge in [0.15, 0.2) is 11.6 Å². The Morgan fingerprint density at radius 2 is 2.06 bits per heavy atom. The maximum Gasteiger partial charge on any atom is 0.231 e. The van der Waals surface area contributed by atoms with E-state index in [2.05, 4.69) is 15.3 Å². The summed E-state index contributed by atoms with van der Waals surface area (Å²) in [6, 6.07) is 5.15. The Balaban J connectivity index is 1.62. The van der Waals surface area contributed by atoms with Crippen molar-refractivity contribution >= 4 is 40.7 Å². The van der Waals surface area contributed by atoms with Gasteiger partial charge in [0.2, 0.25) is 11.7 Å². The lowest BCUT2D eigenvalue weighted by Gasteiger charge is -2.35. The fourth-order valence-electron chi connectivity index (χ4n) is 3.68. The van der Waals surface area contributed by atoms with Crippen molar-refractivity contribution in [1.29, 1.82) is 0 Å². The van der Waals surface area contributed by atoms with E-state index in [1.165, 1.54) is 6.33 Å². The number of aromatic nitrogens is 2. The second kappa shape index (κ2) is 10.4. The Morgan fingerprint density at radius 3 is 2.71 bits per heavy atom. The first-order chi connectivity index (χ1) is 14.7. The Labute approximate surface area is 190 Å². The van der Waals surface area contributed by atoms with Crippen molar-refractivity contribution in [2.75, 3.05) is 43.4 Å². The number of hydrogen-bond donors (Lipinski definition) is 3. The van der Waals surface area contributed by atoms with Gasteiger partial charge in [-0.1, -0.05) is 23.2 Å². The second-order valence-corrected chi connectivity index (χ2v) is 8.56. The number of aliphatic hydroxyl groups excluding tert-OH is 1. The summed E-state index contributed by atoms with van der Waals surface area (Å²) >= 11 is 12.1. The van der Waals surface area contributed by atoms with Crippen LogP contribution in [0.5, 0.6) is 0 Å². The van der Waals surface area contributed by atoms with E-state index in [0.29, 0.717) is 42.6 Å². The van der Waals surface area contributed by atoms with Crippen LogP contribution in [0.1, 0.15) is 12.0 Å². The molecule has 1 aromatic carbocycles. The van der Waals surface area contributed by atoms with Crippen LogP contribution in [0.3, 0.4) is 0 Å². The molecule has 1 saturated heterocycles. The summed E-state index contributed by atoms with van der Waals surface area (Å²) in [6.07, 6.45) is 1.28. The number of β-amino-alcohol motifs (C(OH)–C–C–N with tert-alkyl or cyclic N) is 1. The molecule has 1 aliphatic rings. The summed E-state index contributed by atoms with van der Waals surface area (Å²) in [7, 11) is 1.71. The number of piperidine rings is 1. The summed E-state index contributed by atoms with van der Waals surface area (Å²) in [6.45, 7) is 1.79. The zero-order chi connectivity index (χ0) is 22.5. The average molecular weight is 471 g/mol. The molecule has 2 heterocycles. The number of amides is 1. The van der Waals surface area contributed by atoms with Crippen LogP contribution in [-0.2, 0) is 11.3 Å². The van der Waals surface area contributed by atoms with Gasteiger partial charge in [0.1, 0.15) is 6.33 Å². The van der Waals surface area contributed by atoms with E-state index in [1.807, 2.05) is 4.90 Å². The summed E-state index contributed by atoms with van der Waals surface area (Å²) in [5, 5.41) is 14.3. The molecule has 0 radical (unpaired) electrons. The van der Waals surface area contributed by atoms with Crippen molar-refractivity contribution in [2.24, 2.45) is 11.7 Å². The fraction of sp³-hybridized carbons (Fsp3) is 0.450.